The van der Waals surface area contributed by atoms with Gasteiger partial charge in [0.15, 0.2) is 0 Å². The van der Waals surface area contributed by atoms with Crippen LogP contribution in [0.3, 0.4) is 0 Å². The van der Waals surface area contributed by atoms with E-state index in [-0.39, 0.29) is 12.1 Å². The van der Waals surface area contributed by atoms with Crippen molar-refractivity contribution in [2.75, 3.05) is 23.8 Å². The third-order valence-corrected chi connectivity index (χ3v) is 2.85. The predicted octanol–water partition coefficient (Wildman–Crippen LogP) is 2.43. The maximum absolute atomic E-state index is 9.07. The Bertz CT molecular complexity index is 393. The Kier molecular flexibility index (Phi) is 6.02. The summed E-state index contributed by atoms with van der Waals surface area (Å²) in [4.78, 5) is 8.94. The fourth-order valence-corrected chi connectivity index (χ4v) is 1.75. The van der Waals surface area contributed by atoms with Crippen molar-refractivity contribution in [2.45, 2.75) is 52.5 Å². The Morgan fingerprint density at radius 3 is 2.47 bits per heavy atom. The van der Waals surface area contributed by atoms with Crippen LogP contribution in [0, 0.1) is 0 Å². The van der Waals surface area contributed by atoms with Crippen molar-refractivity contribution < 1.29 is 5.11 Å². The minimum Gasteiger partial charge on any atom is -0.396 e. The molecule has 0 radical (unpaired) electrons. The average Bonchev–Trinajstić information content (AvgIpc) is 2.35. The lowest BCUT2D eigenvalue weighted by atomic mass is 10.0. The molecule has 0 saturated carbocycles. The maximum atomic E-state index is 9.07. The van der Waals surface area contributed by atoms with E-state index in [1.165, 1.54) is 0 Å². The maximum Gasteiger partial charge on any atom is 0.132 e. The van der Waals surface area contributed by atoms with Crippen LogP contribution in [-0.4, -0.2) is 33.8 Å². The number of nitrogens with one attached hydrogen (secondary N) is 2. The number of rotatable bonds is 8. The van der Waals surface area contributed by atoms with E-state index in [0.717, 1.165) is 36.8 Å². The first kappa shape index (κ1) is 15.7. The zero-order valence-corrected chi connectivity index (χ0v) is 12.5. The fourth-order valence-electron chi connectivity index (χ4n) is 1.75. The van der Waals surface area contributed by atoms with Crippen LogP contribution in [0.5, 0.6) is 0 Å². The van der Waals surface area contributed by atoms with E-state index in [1.54, 1.807) is 0 Å². The molecule has 1 aromatic rings. The first-order chi connectivity index (χ1) is 9.00. The molecule has 3 N–H and O–H groups in total. The predicted molar refractivity (Wildman–Crippen MR) is 79.6 cm³/mol. The van der Waals surface area contributed by atoms with Gasteiger partial charge in [0.25, 0.3) is 0 Å². The number of aliphatic hydroxyl groups excluding tert-OH is 1. The van der Waals surface area contributed by atoms with Gasteiger partial charge in [-0.2, -0.15) is 0 Å². The molecule has 0 amide bonds. The van der Waals surface area contributed by atoms with Crippen LogP contribution in [0.15, 0.2) is 6.07 Å². The second-order valence-electron chi connectivity index (χ2n) is 5.32. The summed E-state index contributed by atoms with van der Waals surface area (Å²) in [5.74, 6) is 2.49. The molecule has 0 atom stereocenters. The van der Waals surface area contributed by atoms with Crippen LogP contribution in [-0.2, 0) is 6.42 Å². The van der Waals surface area contributed by atoms with Crippen molar-refractivity contribution in [2.24, 2.45) is 0 Å². The average molecular weight is 266 g/mol. The van der Waals surface area contributed by atoms with Gasteiger partial charge in [-0.25, -0.2) is 9.97 Å². The first-order valence-corrected chi connectivity index (χ1v) is 7.01. The molecule has 0 aliphatic heterocycles. The molecule has 5 heteroatoms. The minimum absolute atomic E-state index is 0.159. The van der Waals surface area contributed by atoms with Gasteiger partial charge in [0.1, 0.15) is 17.5 Å². The summed E-state index contributed by atoms with van der Waals surface area (Å²) in [6, 6.07) is 1.92. The van der Waals surface area contributed by atoms with Gasteiger partial charge in [-0.3, -0.25) is 0 Å². The van der Waals surface area contributed by atoms with Crippen LogP contribution >= 0.6 is 0 Å². The molecule has 0 aromatic carbocycles. The fraction of sp³-hybridized carbons (Fsp3) is 0.714. The topological polar surface area (TPSA) is 70.1 Å². The van der Waals surface area contributed by atoms with Gasteiger partial charge < -0.3 is 15.7 Å². The minimum atomic E-state index is -0.184. The van der Waals surface area contributed by atoms with Gasteiger partial charge >= 0.3 is 0 Å². The number of nitrogens with zero attached hydrogens (tertiary/aromatic N) is 2. The second-order valence-corrected chi connectivity index (χ2v) is 5.32. The summed E-state index contributed by atoms with van der Waals surface area (Å²) in [5.41, 5.74) is -0.184. The van der Waals surface area contributed by atoms with E-state index in [0.29, 0.717) is 6.42 Å². The molecule has 0 bridgehead atoms. The standard InChI is InChI=1S/C14H26N4O/c1-5-8-15-12-10-13(17-11(6-2)16-12)18-14(3,4)7-9-19/h10,19H,5-9H2,1-4H3,(H2,15,16,17,18). The Hall–Kier alpha value is -1.36. The Morgan fingerprint density at radius 1 is 1.21 bits per heavy atom. The van der Waals surface area contributed by atoms with Gasteiger partial charge in [0, 0.05) is 31.2 Å². The van der Waals surface area contributed by atoms with Crippen LogP contribution in [0.4, 0.5) is 11.6 Å². The summed E-state index contributed by atoms with van der Waals surface area (Å²) in [7, 11) is 0. The molecular weight excluding hydrogens is 240 g/mol. The highest BCUT2D eigenvalue weighted by molar-refractivity contribution is 5.48. The molecule has 0 unspecified atom stereocenters. The number of aryl methyl sites for hydroxylation is 1. The lowest BCUT2D eigenvalue weighted by molar-refractivity contribution is 0.260. The van der Waals surface area contributed by atoms with Crippen LogP contribution in [0.25, 0.3) is 0 Å². The zero-order chi connectivity index (χ0) is 14.3. The van der Waals surface area contributed by atoms with E-state index in [9.17, 15) is 0 Å². The number of anilines is 2. The lowest BCUT2D eigenvalue weighted by Gasteiger charge is -2.26. The van der Waals surface area contributed by atoms with E-state index in [1.807, 2.05) is 13.0 Å². The highest BCUT2D eigenvalue weighted by atomic mass is 16.3. The van der Waals surface area contributed by atoms with Crippen molar-refractivity contribution in [3.05, 3.63) is 11.9 Å². The smallest absolute Gasteiger partial charge is 0.132 e. The Balaban J connectivity index is 2.87. The number of aromatic nitrogens is 2. The highest BCUT2D eigenvalue weighted by Gasteiger charge is 2.17. The van der Waals surface area contributed by atoms with Crippen molar-refractivity contribution >= 4 is 11.6 Å². The SMILES string of the molecule is CCCNc1cc(NC(C)(C)CCO)nc(CC)n1. The summed E-state index contributed by atoms with van der Waals surface area (Å²) in [5, 5.41) is 15.7. The lowest BCUT2D eigenvalue weighted by Crippen LogP contribution is -2.32. The molecule has 0 aliphatic carbocycles. The second kappa shape index (κ2) is 7.28. The van der Waals surface area contributed by atoms with E-state index >= 15 is 0 Å². The van der Waals surface area contributed by atoms with Crippen molar-refractivity contribution in [1.29, 1.82) is 0 Å². The molecule has 1 aromatic heterocycles. The van der Waals surface area contributed by atoms with Crippen LogP contribution in [0.2, 0.25) is 0 Å². The molecule has 1 heterocycles. The third kappa shape index (κ3) is 5.42. The van der Waals surface area contributed by atoms with Gasteiger partial charge in [0.2, 0.25) is 0 Å². The zero-order valence-electron chi connectivity index (χ0n) is 12.5. The molecule has 0 fully saturated rings. The Morgan fingerprint density at radius 2 is 1.89 bits per heavy atom. The summed E-state index contributed by atoms with van der Waals surface area (Å²) in [6.07, 6.45) is 2.54. The summed E-state index contributed by atoms with van der Waals surface area (Å²) >= 11 is 0. The molecule has 0 aliphatic rings. The number of hydrogen-bond acceptors (Lipinski definition) is 5. The largest absolute Gasteiger partial charge is 0.396 e. The van der Waals surface area contributed by atoms with E-state index in [4.69, 9.17) is 5.11 Å². The van der Waals surface area contributed by atoms with Crippen molar-refractivity contribution in [3.8, 4) is 0 Å². The molecular formula is C14H26N4O. The Labute approximate surface area is 115 Å². The van der Waals surface area contributed by atoms with Crippen LogP contribution in [0.1, 0.15) is 46.4 Å². The van der Waals surface area contributed by atoms with Gasteiger partial charge in [-0.15, -0.1) is 0 Å². The molecule has 1 rings (SSSR count). The quantitative estimate of drug-likeness (QED) is 0.674. The normalized spacial score (nSPS) is 11.4. The molecule has 0 saturated heterocycles. The van der Waals surface area contributed by atoms with E-state index < -0.39 is 0 Å². The number of hydrogen-bond donors (Lipinski definition) is 3. The van der Waals surface area contributed by atoms with Crippen molar-refractivity contribution in [1.82, 2.24) is 9.97 Å². The summed E-state index contributed by atoms with van der Waals surface area (Å²) < 4.78 is 0. The van der Waals surface area contributed by atoms with Gasteiger partial charge in [-0.05, 0) is 26.7 Å². The molecule has 108 valence electrons. The third-order valence-electron chi connectivity index (χ3n) is 2.85. The van der Waals surface area contributed by atoms with Crippen molar-refractivity contribution in [3.63, 3.8) is 0 Å². The van der Waals surface area contributed by atoms with Crippen LogP contribution < -0.4 is 10.6 Å². The monoisotopic (exact) mass is 266 g/mol. The molecule has 5 nitrogen and oxygen atoms in total. The highest BCUT2D eigenvalue weighted by Crippen LogP contribution is 2.19. The first-order valence-electron chi connectivity index (χ1n) is 7.01. The van der Waals surface area contributed by atoms with E-state index in [2.05, 4.69) is 41.4 Å². The van der Waals surface area contributed by atoms with Gasteiger partial charge in [0.05, 0.1) is 0 Å². The number of aliphatic hydroxyl groups is 1. The molecule has 19 heavy (non-hydrogen) atoms. The molecule has 0 spiro atoms. The van der Waals surface area contributed by atoms with Gasteiger partial charge in [-0.1, -0.05) is 13.8 Å². The summed E-state index contributed by atoms with van der Waals surface area (Å²) in [6.45, 7) is 9.33.